The molecule has 0 fully saturated rings. The predicted molar refractivity (Wildman–Crippen MR) is 74.6 cm³/mol. The molecule has 96 valence electrons. The van der Waals surface area contributed by atoms with Crippen molar-refractivity contribution in [1.29, 1.82) is 0 Å². The zero-order chi connectivity index (χ0) is 13.0. The molecule has 0 saturated heterocycles. The van der Waals surface area contributed by atoms with Gasteiger partial charge < -0.3 is 5.11 Å². The Kier molecular flexibility index (Phi) is 4.44. The molecule has 0 aliphatic carbocycles. The third-order valence-electron chi connectivity index (χ3n) is 2.78. The molecule has 2 rings (SSSR count). The number of thioether (sulfide) groups is 1. The quantitative estimate of drug-likeness (QED) is 0.842. The zero-order valence-electron chi connectivity index (χ0n) is 10.8. The fourth-order valence-corrected chi connectivity index (χ4v) is 2.71. The highest BCUT2D eigenvalue weighted by molar-refractivity contribution is 7.98. The molecule has 0 spiro atoms. The van der Waals surface area contributed by atoms with Crippen molar-refractivity contribution in [2.45, 2.75) is 37.6 Å². The maximum absolute atomic E-state index is 8.99. The van der Waals surface area contributed by atoms with Gasteiger partial charge in [-0.1, -0.05) is 12.1 Å². The number of aliphatic hydroxyl groups is 1. The van der Waals surface area contributed by atoms with Crippen molar-refractivity contribution in [3.05, 3.63) is 47.3 Å². The molecule has 2 aromatic rings. The molecule has 0 atom stereocenters. The molecule has 1 N–H and O–H groups in total. The number of aromatic nitrogens is 2. The third kappa shape index (κ3) is 3.15. The number of nitrogens with zero attached hydrogens (tertiary/aromatic N) is 2. The van der Waals surface area contributed by atoms with E-state index in [0.717, 1.165) is 23.6 Å². The van der Waals surface area contributed by atoms with Crippen LogP contribution in [0.25, 0.3) is 0 Å². The SMILES string of the molecule is CCn1nc(C)cc1CSc1ccc(CO)cc1. The van der Waals surface area contributed by atoms with E-state index < -0.39 is 0 Å². The highest BCUT2D eigenvalue weighted by Gasteiger charge is 2.04. The van der Waals surface area contributed by atoms with Gasteiger partial charge in [-0.3, -0.25) is 4.68 Å². The summed E-state index contributed by atoms with van der Waals surface area (Å²) in [6.45, 7) is 5.15. The number of rotatable bonds is 5. The standard InChI is InChI=1S/C14H18N2OS/c1-3-16-13(8-11(2)15-16)10-18-14-6-4-12(9-17)5-7-14/h4-8,17H,3,9-10H2,1-2H3. The highest BCUT2D eigenvalue weighted by Crippen LogP contribution is 2.23. The second kappa shape index (κ2) is 6.07. The van der Waals surface area contributed by atoms with Crippen molar-refractivity contribution in [1.82, 2.24) is 9.78 Å². The first-order valence-corrected chi connectivity index (χ1v) is 7.07. The average Bonchev–Trinajstić information content (AvgIpc) is 2.77. The molecular formula is C14H18N2OS. The summed E-state index contributed by atoms with van der Waals surface area (Å²) in [4.78, 5) is 1.22. The summed E-state index contributed by atoms with van der Waals surface area (Å²) in [5.74, 6) is 0.924. The molecule has 0 unspecified atom stereocenters. The number of aliphatic hydroxyl groups excluding tert-OH is 1. The van der Waals surface area contributed by atoms with Gasteiger partial charge in [0, 0.05) is 22.9 Å². The van der Waals surface area contributed by atoms with Gasteiger partial charge >= 0.3 is 0 Å². The third-order valence-corrected chi connectivity index (χ3v) is 3.82. The molecule has 0 aliphatic rings. The predicted octanol–water partition coefficient (Wildman–Crippen LogP) is 3.00. The van der Waals surface area contributed by atoms with E-state index >= 15 is 0 Å². The molecule has 0 aliphatic heterocycles. The molecular weight excluding hydrogens is 244 g/mol. The van der Waals surface area contributed by atoms with Crippen LogP contribution in [0.5, 0.6) is 0 Å². The van der Waals surface area contributed by atoms with Gasteiger partial charge in [-0.25, -0.2) is 0 Å². The lowest BCUT2D eigenvalue weighted by atomic mass is 10.2. The van der Waals surface area contributed by atoms with Gasteiger partial charge in [-0.15, -0.1) is 11.8 Å². The van der Waals surface area contributed by atoms with Gasteiger partial charge in [0.05, 0.1) is 12.3 Å². The lowest BCUT2D eigenvalue weighted by Crippen LogP contribution is -2.01. The monoisotopic (exact) mass is 262 g/mol. The first-order chi connectivity index (χ1) is 8.72. The van der Waals surface area contributed by atoms with Gasteiger partial charge in [-0.05, 0) is 37.6 Å². The van der Waals surface area contributed by atoms with Crippen LogP contribution in [0.3, 0.4) is 0 Å². The Morgan fingerprint density at radius 3 is 2.61 bits per heavy atom. The second-order valence-electron chi connectivity index (χ2n) is 4.18. The summed E-state index contributed by atoms with van der Waals surface area (Å²) in [6, 6.07) is 10.2. The molecule has 0 radical (unpaired) electrons. The molecule has 4 heteroatoms. The molecule has 1 aromatic heterocycles. The maximum atomic E-state index is 8.99. The van der Waals surface area contributed by atoms with Gasteiger partial charge in [0.25, 0.3) is 0 Å². The lowest BCUT2D eigenvalue weighted by Gasteiger charge is -2.05. The van der Waals surface area contributed by atoms with E-state index in [-0.39, 0.29) is 6.61 Å². The van der Waals surface area contributed by atoms with Gasteiger partial charge in [-0.2, -0.15) is 5.10 Å². The fraction of sp³-hybridized carbons (Fsp3) is 0.357. The summed E-state index contributed by atoms with van der Waals surface area (Å²) in [7, 11) is 0. The van der Waals surface area contributed by atoms with Crippen molar-refractivity contribution in [3.8, 4) is 0 Å². The van der Waals surface area contributed by atoms with Gasteiger partial charge in [0.2, 0.25) is 0 Å². The van der Waals surface area contributed by atoms with E-state index in [1.807, 2.05) is 23.7 Å². The molecule has 3 nitrogen and oxygen atoms in total. The minimum Gasteiger partial charge on any atom is -0.392 e. The summed E-state index contributed by atoms with van der Waals surface area (Å²) in [5.41, 5.74) is 3.28. The Balaban J connectivity index is 2.01. The van der Waals surface area contributed by atoms with Crippen molar-refractivity contribution in [2.24, 2.45) is 0 Å². The summed E-state index contributed by atoms with van der Waals surface area (Å²) >= 11 is 1.79. The molecule has 0 amide bonds. The van der Waals surface area contributed by atoms with Crippen LogP contribution in [0.4, 0.5) is 0 Å². The Morgan fingerprint density at radius 2 is 2.00 bits per heavy atom. The number of hydrogen-bond donors (Lipinski definition) is 1. The van der Waals surface area contributed by atoms with E-state index in [2.05, 4.69) is 30.2 Å². The molecule has 1 heterocycles. The first-order valence-electron chi connectivity index (χ1n) is 6.09. The largest absolute Gasteiger partial charge is 0.392 e. The Bertz CT molecular complexity index is 505. The molecule has 1 aromatic carbocycles. The van der Waals surface area contributed by atoms with E-state index in [9.17, 15) is 0 Å². The van der Waals surface area contributed by atoms with E-state index in [1.165, 1.54) is 10.6 Å². The first kappa shape index (κ1) is 13.2. The second-order valence-corrected chi connectivity index (χ2v) is 5.23. The Morgan fingerprint density at radius 1 is 1.28 bits per heavy atom. The van der Waals surface area contributed by atoms with Crippen LogP contribution in [0.1, 0.15) is 23.9 Å². The molecule has 18 heavy (non-hydrogen) atoms. The number of aryl methyl sites for hydroxylation is 2. The van der Waals surface area contributed by atoms with Crippen molar-refractivity contribution in [3.63, 3.8) is 0 Å². The van der Waals surface area contributed by atoms with Crippen LogP contribution in [-0.2, 0) is 18.9 Å². The fourth-order valence-electron chi connectivity index (χ4n) is 1.84. The summed E-state index contributed by atoms with van der Waals surface area (Å²) in [5, 5.41) is 13.4. The zero-order valence-corrected chi connectivity index (χ0v) is 11.6. The number of hydrogen-bond acceptors (Lipinski definition) is 3. The topological polar surface area (TPSA) is 38.0 Å². The summed E-state index contributed by atoms with van der Waals surface area (Å²) in [6.07, 6.45) is 0. The smallest absolute Gasteiger partial charge is 0.0681 e. The molecule has 0 saturated carbocycles. The minimum atomic E-state index is 0.104. The van der Waals surface area contributed by atoms with Gasteiger partial charge in [0.1, 0.15) is 0 Å². The maximum Gasteiger partial charge on any atom is 0.0681 e. The van der Waals surface area contributed by atoms with E-state index in [0.29, 0.717) is 0 Å². The van der Waals surface area contributed by atoms with Crippen molar-refractivity contribution >= 4 is 11.8 Å². The van der Waals surface area contributed by atoms with Crippen LogP contribution in [0, 0.1) is 6.92 Å². The highest BCUT2D eigenvalue weighted by atomic mass is 32.2. The average molecular weight is 262 g/mol. The van der Waals surface area contributed by atoms with Crippen molar-refractivity contribution < 1.29 is 5.11 Å². The van der Waals surface area contributed by atoms with Crippen LogP contribution in [0.15, 0.2) is 35.2 Å². The van der Waals surface area contributed by atoms with Crippen LogP contribution >= 0.6 is 11.8 Å². The minimum absolute atomic E-state index is 0.104. The number of benzene rings is 1. The van der Waals surface area contributed by atoms with Crippen molar-refractivity contribution in [2.75, 3.05) is 0 Å². The van der Waals surface area contributed by atoms with Crippen LogP contribution in [-0.4, -0.2) is 14.9 Å². The Labute approximate surface area is 112 Å². The Hall–Kier alpha value is -1.26. The normalized spacial score (nSPS) is 10.8. The lowest BCUT2D eigenvalue weighted by molar-refractivity contribution is 0.282. The van der Waals surface area contributed by atoms with Crippen LogP contribution in [0.2, 0.25) is 0 Å². The van der Waals surface area contributed by atoms with E-state index in [1.54, 1.807) is 11.8 Å². The summed E-state index contributed by atoms with van der Waals surface area (Å²) < 4.78 is 2.05. The van der Waals surface area contributed by atoms with Gasteiger partial charge in [0.15, 0.2) is 0 Å². The van der Waals surface area contributed by atoms with Crippen LogP contribution < -0.4 is 0 Å². The van der Waals surface area contributed by atoms with E-state index in [4.69, 9.17) is 5.11 Å². The molecule has 0 bridgehead atoms.